The highest BCUT2D eigenvalue weighted by Gasteiger charge is 2.11. The van der Waals surface area contributed by atoms with Crippen molar-refractivity contribution < 1.29 is 9.59 Å². The van der Waals surface area contributed by atoms with E-state index in [1.807, 2.05) is 36.4 Å². The molecule has 1 aromatic heterocycles. The van der Waals surface area contributed by atoms with Crippen LogP contribution in [0.25, 0.3) is 0 Å². The lowest BCUT2D eigenvalue weighted by atomic mass is 10.0. The second kappa shape index (κ2) is 9.82. The molecule has 152 valence electrons. The van der Waals surface area contributed by atoms with E-state index in [4.69, 9.17) is 0 Å². The number of rotatable bonds is 7. The number of anilines is 1. The van der Waals surface area contributed by atoms with E-state index in [0.717, 1.165) is 10.6 Å². The fourth-order valence-electron chi connectivity index (χ4n) is 3.02. The van der Waals surface area contributed by atoms with Gasteiger partial charge in [-0.3, -0.25) is 14.6 Å². The summed E-state index contributed by atoms with van der Waals surface area (Å²) in [7, 11) is 0. The second-order valence-electron chi connectivity index (χ2n) is 6.76. The Balaban J connectivity index is 1.44. The molecule has 0 unspecified atom stereocenters. The van der Waals surface area contributed by atoms with Gasteiger partial charge in [-0.15, -0.1) is 11.8 Å². The number of hydrogen-bond acceptors (Lipinski definition) is 5. The van der Waals surface area contributed by atoms with Crippen LogP contribution < -0.4 is 5.32 Å². The van der Waals surface area contributed by atoms with E-state index in [1.165, 1.54) is 0 Å². The number of carbonyl (C=O) groups excluding carboxylic acids is 2. The summed E-state index contributed by atoms with van der Waals surface area (Å²) in [6.07, 6.45) is 5.01. The highest BCUT2D eigenvalue weighted by atomic mass is 32.2. The number of ketones is 1. The van der Waals surface area contributed by atoms with Crippen LogP contribution in [0, 0.1) is 0 Å². The summed E-state index contributed by atoms with van der Waals surface area (Å²) in [5.41, 5.74) is 3.27. The molecule has 1 N–H and O–H groups in total. The molecule has 0 aliphatic heterocycles. The number of nitrogens with zero attached hydrogens (tertiary/aromatic N) is 2. The van der Waals surface area contributed by atoms with Gasteiger partial charge in [0.1, 0.15) is 5.03 Å². The minimum atomic E-state index is -0.226. The van der Waals surface area contributed by atoms with E-state index in [-0.39, 0.29) is 11.7 Å². The van der Waals surface area contributed by atoms with Crippen LogP contribution >= 0.6 is 11.8 Å². The van der Waals surface area contributed by atoms with Crippen molar-refractivity contribution in [2.24, 2.45) is 0 Å². The van der Waals surface area contributed by atoms with Gasteiger partial charge in [0, 0.05) is 40.5 Å². The Morgan fingerprint density at radius 2 is 1.58 bits per heavy atom. The van der Waals surface area contributed by atoms with Crippen molar-refractivity contribution in [2.75, 3.05) is 5.32 Å². The fourth-order valence-corrected chi connectivity index (χ4v) is 3.78. The SMILES string of the molecule is O=C(Nc1cccc(C(=O)c2ccccc2)c1)c1cccc(CSc2cnccn2)c1. The lowest BCUT2D eigenvalue weighted by molar-refractivity contribution is 0.102. The molecule has 4 aromatic rings. The topological polar surface area (TPSA) is 72.0 Å². The summed E-state index contributed by atoms with van der Waals surface area (Å²) < 4.78 is 0. The zero-order valence-electron chi connectivity index (χ0n) is 16.6. The van der Waals surface area contributed by atoms with Gasteiger partial charge in [0.2, 0.25) is 0 Å². The third-order valence-corrected chi connectivity index (χ3v) is 5.52. The van der Waals surface area contributed by atoms with Gasteiger partial charge in [0.15, 0.2) is 5.78 Å². The van der Waals surface area contributed by atoms with Gasteiger partial charge in [-0.25, -0.2) is 4.98 Å². The minimum Gasteiger partial charge on any atom is -0.322 e. The Labute approximate surface area is 184 Å². The van der Waals surface area contributed by atoms with Gasteiger partial charge >= 0.3 is 0 Å². The third-order valence-electron chi connectivity index (χ3n) is 4.53. The monoisotopic (exact) mass is 425 g/mol. The van der Waals surface area contributed by atoms with Crippen molar-refractivity contribution >= 4 is 29.1 Å². The number of benzene rings is 3. The summed E-state index contributed by atoms with van der Waals surface area (Å²) in [6, 6.07) is 23.5. The lowest BCUT2D eigenvalue weighted by Gasteiger charge is -2.09. The van der Waals surface area contributed by atoms with Crippen LogP contribution in [0.5, 0.6) is 0 Å². The van der Waals surface area contributed by atoms with Gasteiger partial charge in [-0.2, -0.15) is 0 Å². The zero-order valence-corrected chi connectivity index (χ0v) is 17.4. The standard InChI is InChI=1S/C25H19N3O2S/c29-24(19-7-2-1-3-8-19)20-9-5-11-22(15-20)28-25(30)21-10-4-6-18(14-21)17-31-23-16-26-12-13-27-23/h1-16H,17H2,(H,28,30). The first-order valence-electron chi connectivity index (χ1n) is 9.68. The number of hydrogen-bond donors (Lipinski definition) is 1. The molecule has 0 aliphatic rings. The fraction of sp³-hybridized carbons (Fsp3) is 0.0400. The van der Waals surface area contributed by atoms with E-state index in [1.54, 1.807) is 72.8 Å². The van der Waals surface area contributed by atoms with Crippen LogP contribution in [-0.2, 0) is 5.75 Å². The average molecular weight is 426 g/mol. The summed E-state index contributed by atoms with van der Waals surface area (Å²) in [4.78, 5) is 33.7. The van der Waals surface area contributed by atoms with Crippen LogP contribution in [0.2, 0.25) is 0 Å². The Hall–Kier alpha value is -3.77. The summed E-state index contributed by atoms with van der Waals surface area (Å²) in [6.45, 7) is 0. The van der Waals surface area contributed by atoms with Crippen molar-refractivity contribution in [2.45, 2.75) is 10.8 Å². The molecule has 3 aromatic carbocycles. The van der Waals surface area contributed by atoms with Gasteiger partial charge in [-0.1, -0.05) is 54.6 Å². The van der Waals surface area contributed by atoms with Crippen LogP contribution in [0.4, 0.5) is 5.69 Å². The number of carbonyl (C=O) groups is 2. The predicted molar refractivity (Wildman–Crippen MR) is 122 cm³/mol. The Morgan fingerprint density at radius 1 is 0.806 bits per heavy atom. The first-order valence-corrected chi connectivity index (χ1v) is 10.7. The summed E-state index contributed by atoms with van der Waals surface area (Å²) in [5, 5.41) is 3.72. The lowest BCUT2D eigenvalue weighted by Crippen LogP contribution is -2.12. The number of nitrogens with one attached hydrogen (secondary N) is 1. The van der Waals surface area contributed by atoms with Crippen molar-refractivity contribution in [1.29, 1.82) is 0 Å². The van der Waals surface area contributed by atoms with E-state index < -0.39 is 0 Å². The van der Waals surface area contributed by atoms with E-state index in [0.29, 0.717) is 28.1 Å². The van der Waals surface area contributed by atoms with Gasteiger partial charge < -0.3 is 5.32 Å². The molecule has 0 radical (unpaired) electrons. The van der Waals surface area contributed by atoms with Crippen molar-refractivity contribution in [3.05, 3.63) is 120 Å². The minimum absolute atomic E-state index is 0.0836. The van der Waals surface area contributed by atoms with Crippen molar-refractivity contribution in [1.82, 2.24) is 9.97 Å². The summed E-state index contributed by atoms with van der Waals surface area (Å²) >= 11 is 1.56. The number of aromatic nitrogens is 2. The van der Waals surface area contributed by atoms with Gasteiger partial charge in [0.05, 0.1) is 6.20 Å². The van der Waals surface area contributed by atoms with E-state index in [9.17, 15) is 9.59 Å². The smallest absolute Gasteiger partial charge is 0.255 e. The molecule has 6 heteroatoms. The maximum atomic E-state index is 12.8. The zero-order chi connectivity index (χ0) is 21.5. The van der Waals surface area contributed by atoms with Crippen LogP contribution in [0.3, 0.4) is 0 Å². The van der Waals surface area contributed by atoms with E-state index in [2.05, 4.69) is 15.3 Å². The van der Waals surface area contributed by atoms with Crippen molar-refractivity contribution in [3.63, 3.8) is 0 Å². The molecular weight excluding hydrogens is 406 g/mol. The first kappa shape index (κ1) is 20.5. The number of amides is 1. The molecule has 0 bridgehead atoms. The molecule has 0 spiro atoms. The molecule has 4 rings (SSSR count). The summed E-state index contributed by atoms with van der Waals surface area (Å²) in [5.74, 6) is 0.372. The molecule has 31 heavy (non-hydrogen) atoms. The Bertz CT molecular complexity index is 1200. The van der Waals surface area contributed by atoms with Gasteiger partial charge in [-0.05, 0) is 29.8 Å². The third kappa shape index (κ3) is 5.43. The molecular formula is C25H19N3O2S. The Morgan fingerprint density at radius 3 is 2.39 bits per heavy atom. The van der Waals surface area contributed by atoms with E-state index >= 15 is 0 Å². The molecule has 1 amide bonds. The van der Waals surface area contributed by atoms with Gasteiger partial charge in [0.25, 0.3) is 5.91 Å². The normalized spacial score (nSPS) is 10.5. The molecule has 5 nitrogen and oxygen atoms in total. The quantitative estimate of drug-likeness (QED) is 0.323. The second-order valence-corrected chi connectivity index (χ2v) is 7.76. The highest BCUT2D eigenvalue weighted by molar-refractivity contribution is 7.98. The molecule has 0 saturated heterocycles. The van der Waals surface area contributed by atoms with Crippen LogP contribution in [-0.4, -0.2) is 21.7 Å². The first-order chi connectivity index (χ1) is 15.2. The molecule has 1 heterocycles. The molecule has 0 aliphatic carbocycles. The maximum absolute atomic E-state index is 12.8. The highest BCUT2D eigenvalue weighted by Crippen LogP contribution is 2.21. The molecule has 0 fully saturated rings. The number of thioether (sulfide) groups is 1. The average Bonchev–Trinajstić information content (AvgIpc) is 2.84. The molecule has 0 saturated carbocycles. The van der Waals surface area contributed by atoms with Crippen LogP contribution in [0.15, 0.2) is 102 Å². The predicted octanol–water partition coefficient (Wildman–Crippen LogP) is 5.25. The van der Waals surface area contributed by atoms with Crippen LogP contribution in [0.1, 0.15) is 31.8 Å². The maximum Gasteiger partial charge on any atom is 0.255 e. The van der Waals surface area contributed by atoms with Crippen molar-refractivity contribution in [3.8, 4) is 0 Å². The Kier molecular flexibility index (Phi) is 6.50. The largest absolute Gasteiger partial charge is 0.322 e. The molecule has 0 atom stereocenters.